The van der Waals surface area contributed by atoms with Crippen molar-refractivity contribution in [3.05, 3.63) is 29.3 Å². The second-order valence-electron chi connectivity index (χ2n) is 4.38. The quantitative estimate of drug-likeness (QED) is 0.825. The van der Waals surface area contributed by atoms with E-state index in [-0.39, 0.29) is 28.9 Å². The highest BCUT2D eigenvalue weighted by Crippen LogP contribution is 2.26. The lowest BCUT2D eigenvalue weighted by atomic mass is 10.2. The van der Waals surface area contributed by atoms with Gasteiger partial charge in [0, 0.05) is 26.7 Å². The van der Waals surface area contributed by atoms with Crippen LogP contribution in [-0.4, -0.2) is 51.4 Å². The van der Waals surface area contributed by atoms with Crippen molar-refractivity contribution in [3.63, 3.8) is 0 Å². The molecule has 0 bridgehead atoms. The summed E-state index contributed by atoms with van der Waals surface area (Å²) in [6.07, 6.45) is 0. The minimum Gasteiger partial charge on any atom is -0.358 e. The van der Waals surface area contributed by atoms with Gasteiger partial charge < -0.3 is 10.6 Å². The van der Waals surface area contributed by atoms with E-state index in [4.69, 9.17) is 11.6 Å². The molecule has 1 aromatic carbocycles. The second kappa shape index (κ2) is 6.09. The maximum absolute atomic E-state index is 12.7. The molecule has 2 rings (SSSR count). The highest BCUT2D eigenvalue weighted by molar-refractivity contribution is 7.89. The molecule has 0 aromatic heterocycles. The van der Waals surface area contributed by atoms with E-state index in [9.17, 15) is 13.2 Å². The minimum atomic E-state index is -3.80. The first-order valence-electron chi connectivity index (χ1n) is 6.17. The summed E-state index contributed by atoms with van der Waals surface area (Å²) in [6, 6.07) is 5.46. The molecule has 8 heteroatoms. The van der Waals surface area contributed by atoms with E-state index in [1.807, 2.05) is 0 Å². The summed E-state index contributed by atoms with van der Waals surface area (Å²) in [5.74, 6) is -0.340. The Kier molecular flexibility index (Phi) is 4.64. The Hall–Kier alpha value is -1.15. The highest BCUT2D eigenvalue weighted by atomic mass is 35.5. The Labute approximate surface area is 123 Å². The normalized spacial score (nSPS) is 20.6. The zero-order valence-corrected chi connectivity index (χ0v) is 12.5. The number of halogens is 1. The molecule has 1 fully saturated rings. The van der Waals surface area contributed by atoms with Gasteiger partial charge in [0.2, 0.25) is 15.9 Å². The van der Waals surface area contributed by atoms with Crippen LogP contribution in [0, 0.1) is 0 Å². The van der Waals surface area contributed by atoms with Crippen molar-refractivity contribution < 1.29 is 13.2 Å². The van der Waals surface area contributed by atoms with Crippen LogP contribution in [-0.2, 0) is 14.8 Å². The van der Waals surface area contributed by atoms with Crippen molar-refractivity contribution in [2.75, 3.05) is 26.7 Å². The largest absolute Gasteiger partial charge is 0.358 e. The van der Waals surface area contributed by atoms with E-state index < -0.39 is 16.1 Å². The van der Waals surface area contributed by atoms with Crippen molar-refractivity contribution in [1.82, 2.24) is 14.9 Å². The number of sulfonamides is 1. The molecule has 1 unspecified atom stereocenters. The maximum atomic E-state index is 12.7. The van der Waals surface area contributed by atoms with E-state index in [0.717, 1.165) is 0 Å². The lowest BCUT2D eigenvalue weighted by Crippen LogP contribution is -2.59. The fraction of sp³-hybridized carbons (Fsp3) is 0.417. The molecule has 0 saturated carbocycles. The average Bonchev–Trinajstić information content (AvgIpc) is 2.46. The fourth-order valence-corrected chi connectivity index (χ4v) is 4.23. The van der Waals surface area contributed by atoms with Crippen LogP contribution in [0.1, 0.15) is 0 Å². The van der Waals surface area contributed by atoms with Gasteiger partial charge in [0.25, 0.3) is 0 Å². The first kappa shape index (κ1) is 15.2. The molecule has 1 heterocycles. The Morgan fingerprint density at radius 2 is 2.15 bits per heavy atom. The van der Waals surface area contributed by atoms with Gasteiger partial charge in [-0.25, -0.2) is 8.42 Å². The summed E-state index contributed by atoms with van der Waals surface area (Å²) in [4.78, 5) is 11.9. The third-order valence-electron chi connectivity index (χ3n) is 3.17. The average molecular weight is 318 g/mol. The third-order valence-corrected chi connectivity index (χ3v) is 5.57. The van der Waals surface area contributed by atoms with Crippen molar-refractivity contribution in [2.24, 2.45) is 0 Å². The molecular weight excluding hydrogens is 302 g/mol. The second-order valence-corrected chi connectivity index (χ2v) is 6.65. The van der Waals surface area contributed by atoms with E-state index in [0.29, 0.717) is 6.54 Å². The predicted octanol–water partition coefficient (Wildman–Crippen LogP) is 0.0485. The minimum absolute atomic E-state index is 0.0254. The van der Waals surface area contributed by atoms with E-state index in [1.54, 1.807) is 12.1 Å². The van der Waals surface area contributed by atoms with Crippen LogP contribution in [0.25, 0.3) is 0 Å². The van der Waals surface area contributed by atoms with Gasteiger partial charge >= 0.3 is 0 Å². The molecule has 1 aliphatic rings. The smallest absolute Gasteiger partial charge is 0.245 e. The molecule has 2 N–H and O–H groups in total. The van der Waals surface area contributed by atoms with E-state index in [2.05, 4.69) is 10.6 Å². The summed E-state index contributed by atoms with van der Waals surface area (Å²) >= 11 is 5.97. The molecule has 1 amide bonds. The lowest BCUT2D eigenvalue weighted by Gasteiger charge is -2.33. The van der Waals surface area contributed by atoms with Crippen LogP contribution in [0.2, 0.25) is 5.02 Å². The van der Waals surface area contributed by atoms with Crippen LogP contribution in [0.4, 0.5) is 0 Å². The number of likely N-dealkylation sites (N-methyl/N-ethyl adjacent to an activating group) is 1. The Morgan fingerprint density at radius 1 is 1.45 bits per heavy atom. The molecule has 6 nitrogen and oxygen atoms in total. The molecule has 1 aromatic rings. The Balaban J connectivity index is 2.41. The van der Waals surface area contributed by atoms with Crippen molar-refractivity contribution in [3.8, 4) is 0 Å². The van der Waals surface area contributed by atoms with Gasteiger partial charge in [-0.3, -0.25) is 4.79 Å². The molecule has 20 heavy (non-hydrogen) atoms. The van der Waals surface area contributed by atoms with E-state index in [1.165, 1.54) is 23.5 Å². The lowest BCUT2D eigenvalue weighted by molar-refractivity contribution is -0.124. The predicted molar refractivity (Wildman–Crippen MR) is 76.1 cm³/mol. The zero-order valence-electron chi connectivity index (χ0n) is 11.0. The maximum Gasteiger partial charge on any atom is 0.245 e. The summed E-state index contributed by atoms with van der Waals surface area (Å²) in [5, 5.41) is 5.66. The van der Waals surface area contributed by atoms with Gasteiger partial charge in [0.15, 0.2) is 0 Å². The zero-order chi connectivity index (χ0) is 14.8. The molecular formula is C12H16ClN3O3S. The number of hydrogen-bond donors (Lipinski definition) is 2. The Morgan fingerprint density at radius 3 is 2.80 bits per heavy atom. The first-order chi connectivity index (χ1) is 9.48. The molecule has 1 aliphatic heterocycles. The van der Waals surface area contributed by atoms with Crippen LogP contribution >= 0.6 is 11.6 Å². The number of benzene rings is 1. The molecule has 0 aliphatic carbocycles. The third kappa shape index (κ3) is 2.80. The van der Waals surface area contributed by atoms with Crippen LogP contribution in [0.15, 0.2) is 29.2 Å². The SMILES string of the molecule is CNC(=O)C1CNCCN1S(=O)(=O)c1ccccc1Cl. The number of rotatable bonds is 3. The number of carbonyl (C=O) groups is 1. The number of nitrogens with zero attached hydrogens (tertiary/aromatic N) is 1. The molecule has 1 saturated heterocycles. The van der Waals surface area contributed by atoms with Crippen LogP contribution in [0.5, 0.6) is 0 Å². The van der Waals surface area contributed by atoms with Gasteiger partial charge in [-0.05, 0) is 12.1 Å². The van der Waals surface area contributed by atoms with Gasteiger partial charge in [-0.2, -0.15) is 4.31 Å². The number of nitrogens with one attached hydrogen (secondary N) is 2. The summed E-state index contributed by atoms with van der Waals surface area (Å²) < 4.78 is 26.5. The van der Waals surface area contributed by atoms with Gasteiger partial charge in [-0.1, -0.05) is 23.7 Å². The van der Waals surface area contributed by atoms with Crippen molar-refractivity contribution >= 4 is 27.5 Å². The van der Waals surface area contributed by atoms with Crippen LogP contribution < -0.4 is 10.6 Å². The number of hydrogen-bond acceptors (Lipinski definition) is 4. The number of piperazine rings is 1. The molecule has 0 radical (unpaired) electrons. The summed E-state index contributed by atoms with van der Waals surface area (Å²) in [5.41, 5.74) is 0. The van der Waals surface area contributed by atoms with Crippen molar-refractivity contribution in [2.45, 2.75) is 10.9 Å². The number of carbonyl (C=O) groups excluding carboxylic acids is 1. The molecule has 110 valence electrons. The summed E-state index contributed by atoms with van der Waals surface area (Å²) in [6.45, 7) is 1.01. The first-order valence-corrected chi connectivity index (χ1v) is 7.99. The molecule has 1 atom stereocenters. The Bertz CT molecular complexity index is 606. The van der Waals surface area contributed by atoms with E-state index >= 15 is 0 Å². The standard InChI is InChI=1S/C12H16ClN3O3S/c1-14-12(17)10-8-15-6-7-16(10)20(18,19)11-5-3-2-4-9(11)13/h2-5,10,15H,6-8H2,1H3,(H,14,17). The highest BCUT2D eigenvalue weighted by Gasteiger charge is 2.37. The van der Waals surface area contributed by atoms with Gasteiger partial charge in [-0.15, -0.1) is 0 Å². The molecule has 0 spiro atoms. The van der Waals surface area contributed by atoms with Gasteiger partial charge in [0.05, 0.1) is 5.02 Å². The fourth-order valence-electron chi connectivity index (χ4n) is 2.14. The monoisotopic (exact) mass is 317 g/mol. The van der Waals surface area contributed by atoms with Gasteiger partial charge in [0.1, 0.15) is 10.9 Å². The van der Waals surface area contributed by atoms with Crippen molar-refractivity contribution in [1.29, 1.82) is 0 Å². The van der Waals surface area contributed by atoms with Crippen LogP contribution in [0.3, 0.4) is 0 Å². The summed E-state index contributed by atoms with van der Waals surface area (Å²) in [7, 11) is -2.31. The number of amides is 1. The topological polar surface area (TPSA) is 78.5 Å².